The lowest BCUT2D eigenvalue weighted by atomic mass is 9.69. The fourth-order valence-corrected chi connectivity index (χ4v) is 9.20. The van der Waals surface area contributed by atoms with Gasteiger partial charge in [0, 0.05) is 69.9 Å². The van der Waals surface area contributed by atoms with Gasteiger partial charge in [0.2, 0.25) is 11.8 Å². The van der Waals surface area contributed by atoms with Crippen LogP contribution >= 0.6 is 0 Å². The minimum atomic E-state index is -0.239. The van der Waals surface area contributed by atoms with Gasteiger partial charge in [-0.3, -0.25) is 24.7 Å². The van der Waals surface area contributed by atoms with E-state index in [1.165, 1.54) is 46.3 Å². The maximum atomic E-state index is 12.6. The van der Waals surface area contributed by atoms with Crippen molar-refractivity contribution in [2.45, 2.75) is 68.9 Å². The molecule has 3 aliphatic heterocycles. The molecular formula is C43H48N4O3. The molecule has 50 heavy (non-hydrogen) atoms. The number of anilines is 1. The minimum absolute atomic E-state index is 0.158. The van der Waals surface area contributed by atoms with Crippen molar-refractivity contribution in [2.75, 3.05) is 44.2 Å². The number of fused-ring (bicyclic) bond motifs is 1. The summed E-state index contributed by atoms with van der Waals surface area (Å²) in [7, 11) is 0. The Hall–Kier alpha value is -4.46. The maximum absolute atomic E-state index is 12.6. The molecule has 8 rings (SSSR count). The van der Waals surface area contributed by atoms with E-state index < -0.39 is 0 Å². The number of hydrogen-bond donors (Lipinski definition) is 2. The molecule has 7 heteroatoms. The smallest absolute Gasteiger partial charge is 0.234 e. The number of phenolic OH excluding ortho intramolecular Hbond substituents is 1. The summed E-state index contributed by atoms with van der Waals surface area (Å²) in [5.74, 6) is 0.479. The number of benzene rings is 4. The van der Waals surface area contributed by atoms with Crippen molar-refractivity contribution in [3.8, 4) is 5.75 Å². The number of phenols is 1. The number of rotatable bonds is 7. The molecule has 2 amide bonds. The van der Waals surface area contributed by atoms with Crippen LogP contribution < -0.4 is 10.2 Å². The van der Waals surface area contributed by atoms with E-state index in [1.54, 1.807) is 0 Å². The van der Waals surface area contributed by atoms with Crippen LogP contribution in [0.15, 0.2) is 97.1 Å². The molecule has 0 bridgehead atoms. The monoisotopic (exact) mass is 668 g/mol. The van der Waals surface area contributed by atoms with Crippen LogP contribution in [0.3, 0.4) is 0 Å². The molecule has 4 aromatic carbocycles. The number of nitrogens with zero attached hydrogens (tertiary/aromatic N) is 3. The van der Waals surface area contributed by atoms with Gasteiger partial charge in [-0.15, -0.1) is 0 Å². The van der Waals surface area contributed by atoms with Gasteiger partial charge in [0.15, 0.2) is 0 Å². The maximum Gasteiger partial charge on any atom is 0.234 e. The highest BCUT2D eigenvalue weighted by Crippen LogP contribution is 2.47. The molecule has 3 heterocycles. The number of aryl methyl sites for hydroxylation is 1. The molecule has 7 nitrogen and oxygen atoms in total. The summed E-state index contributed by atoms with van der Waals surface area (Å²) in [6.07, 6.45) is 5.41. The third-order valence-electron chi connectivity index (χ3n) is 11.9. The molecule has 0 radical (unpaired) electrons. The highest BCUT2D eigenvalue weighted by molar-refractivity contribution is 6.01. The van der Waals surface area contributed by atoms with Gasteiger partial charge in [0.05, 0.1) is 5.92 Å². The first-order valence-electron chi connectivity index (χ1n) is 18.6. The van der Waals surface area contributed by atoms with Crippen molar-refractivity contribution in [3.05, 3.63) is 130 Å². The molecule has 1 aliphatic carbocycles. The molecule has 0 aromatic heterocycles. The molecule has 258 valence electrons. The number of nitrogens with one attached hydrogen (secondary N) is 1. The predicted molar refractivity (Wildman–Crippen MR) is 198 cm³/mol. The largest absolute Gasteiger partial charge is 0.508 e. The molecule has 0 saturated carbocycles. The molecule has 3 unspecified atom stereocenters. The number of hydrogen-bond acceptors (Lipinski definition) is 6. The molecule has 4 aliphatic rings. The van der Waals surface area contributed by atoms with Crippen LogP contribution in [0, 0.1) is 0 Å². The van der Waals surface area contributed by atoms with Crippen LogP contribution in [-0.2, 0) is 22.6 Å². The second kappa shape index (κ2) is 14.4. The van der Waals surface area contributed by atoms with Gasteiger partial charge in [0.25, 0.3) is 0 Å². The van der Waals surface area contributed by atoms with Gasteiger partial charge < -0.3 is 10.0 Å². The summed E-state index contributed by atoms with van der Waals surface area (Å²) in [5.41, 5.74) is 8.94. The summed E-state index contributed by atoms with van der Waals surface area (Å²) < 4.78 is 0. The van der Waals surface area contributed by atoms with E-state index in [0.29, 0.717) is 30.6 Å². The first kappa shape index (κ1) is 32.7. The lowest BCUT2D eigenvalue weighted by Crippen LogP contribution is -2.53. The number of carbonyl (C=O) groups is 2. The van der Waals surface area contributed by atoms with Crippen molar-refractivity contribution < 1.29 is 14.7 Å². The van der Waals surface area contributed by atoms with Crippen molar-refractivity contribution in [1.82, 2.24) is 15.1 Å². The average molecular weight is 669 g/mol. The zero-order chi connectivity index (χ0) is 34.0. The van der Waals surface area contributed by atoms with Crippen molar-refractivity contribution in [2.24, 2.45) is 0 Å². The average Bonchev–Trinajstić information content (AvgIpc) is 3.15. The fourth-order valence-electron chi connectivity index (χ4n) is 9.20. The highest BCUT2D eigenvalue weighted by Gasteiger charge is 2.34. The quantitative estimate of drug-likeness (QED) is 0.217. The number of imide groups is 1. The van der Waals surface area contributed by atoms with Gasteiger partial charge in [0.1, 0.15) is 5.75 Å². The first-order chi connectivity index (χ1) is 24.5. The first-order valence-corrected chi connectivity index (χ1v) is 18.6. The van der Waals surface area contributed by atoms with Crippen molar-refractivity contribution >= 4 is 17.5 Å². The Labute approximate surface area is 295 Å². The van der Waals surface area contributed by atoms with Gasteiger partial charge in [-0.05, 0) is 95.7 Å². The number of piperidine rings is 2. The summed E-state index contributed by atoms with van der Waals surface area (Å²) in [6, 6.07) is 35.1. The lowest BCUT2D eigenvalue weighted by molar-refractivity contribution is -0.134. The molecular weight excluding hydrogens is 620 g/mol. The van der Waals surface area contributed by atoms with Gasteiger partial charge in [-0.2, -0.15) is 0 Å². The second-order valence-electron chi connectivity index (χ2n) is 14.7. The zero-order valence-corrected chi connectivity index (χ0v) is 28.8. The zero-order valence-electron chi connectivity index (χ0n) is 28.8. The van der Waals surface area contributed by atoms with E-state index in [9.17, 15) is 14.7 Å². The fraction of sp³-hybridized carbons (Fsp3) is 0.395. The molecule has 2 N–H and O–H groups in total. The summed E-state index contributed by atoms with van der Waals surface area (Å²) in [5, 5.41) is 12.7. The van der Waals surface area contributed by atoms with Crippen LogP contribution in [0.2, 0.25) is 0 Å². The molecule has 3 fully saturated rings. The summed E-state index contributed by atoms with van der Waals surface area (Å²) >= 11 is 0. The Morgan fingerprint density at radius 3 is 2.18 bits per heavy atom. The van der Waals surface area contributed by atoms with Gasteiger partial charge >= 0.3 is 0 Å². The summed E-state index contributed by atoms with van der Waals surface area (Å²) in [6.45, 7) is 7.19. The van der Waals surface area contributed by atoms with E-state index in [2.05, 4.69) is 98.9 Å². The van der Waals surface area contributed by atoms with E-state index in [0.717, 1.165) is 64.2 Å². The number of aromatic hydroxyl groups is 1. The molecule has 4 aromatic rings. The van der Waals surface area contributed by atoms with E-state index in [1.807, 2.05) is 18.2 Å². The normalized spacial score (nSPS) is 23.8. The van der Waals surface area contributed by atoms with Gasteiger partial charge in [-0.25, -0.2) is 0 Å². The third-order valence-corrected chi connectivity index (χ3v) is 11.9. The van der Waals surface area contributed by atoms with E-state index in [4.69, 9.17) is 0 Å². The molecule has 0 spiro atoms. The molecule has 3 atom stereocenters. The van der Waals surface area contributed by atoms with Crippen LogP contribution in [0.25, 0.3) is 0 Å². The van der Waals surface area contributed by atoms with Crippen LogP contribution in [0.4, 0.5) is 5.69 Å². The van der Waals surface area contributed by atoms with Crippen LogP contribution in [-0.4, -0.2) is 72.0 Å². The Bertz CT molecular complexity index is 1810. The van der Waals surface area contributed by atoms with E-state index >= 15 is 0 Å². The van der Waals surface area contributed by atoms with Crippen molar-refractivity contribution in [3.63, 3.8) is 0 Å². The Balaban J connectivity index is 0.873. The lowest BCUT2D eigenvalue weighted by Gasteiger charge is -2.43. The van der Waals surface area contributed by atoms with Crippen molar-refractivity contribution in [1.29, 1.82) is 0 Å². The molecule has 3 saturated heterocycles. The number of piperazine rings is 1. The van der Waals surface area contributed by atoms with Gasteiger partial charge in [-0.1, -0.05) is 72.8 Å². The predicted octanol–water partition coefficient (Wildman–Crippen LogP) is 6.56. The second-order valence-corrected chi connectivity index (χ2v) is 14.7. The number of carbonyl (C=O) groups excluding carboxylic acids is 2. The van der Waals surface area contributed by atoms with Crippen LogP contribution in [0.1, 0.15) is 83.2 Å². The Morgan fingerprint density at radius 1 is 0.680 bits per heavy atom. The van der Waals surface area contributed by atoms with Crippen LogP contribution in [0.5, 0.6) is 5.75 Å². The number of amides is 2. The third kappa shape index (κ3) is 6.81. The Kier molecular flexibility index (Phi) is 9.43. The minimum Gasteiger partial charge on any atom is -0.508 e. The topological polar surface area (TPSA) is 76.1 Å². The highest BCUT2D eigenvalue weighted by atomic mass is 16.3. The van der Waals surface area contributed by atoms with E-state index in [-0.39, 0.29) is 23.7 Å². The summed E-state index contributed by atoms with van der Waals surface area (Å²) in [4.78, 5) is 32.1. The SMILES string of the molecule is O=C1CCC(c2ccccc2CN2CCN(C3CCN(c4ccc(C5c6ccc(O)cc6CCC5c5ccccc5)cc4)CC3)CC2)C(=O)N1. The standard InChI is InChI=1S/C43H48N4O3/c48-36-15-17-39-32(28-36)12-16-38(30-6-2-1-3-7-30)42(39)31-10-13-34(14-11-31)46-22-20-35(21-23-46)47-26-24-45(25-27-47)29-33-8-4-5-9-37(33)40-18-19-41(49)44-43(40)50/h1-11,13-15,17,28,35,38,40,42,48H,12,16,18-27,29H2,(H,44,49,50). The Morgan fingerprint density at radius 2 is 1.42 bits per heavy atom.